The van der Waals surface area contributed by atoms with E-state index in [0.29, 0.717) is 6.04 Å². The molecule has 2 heterocycles. The molecule has 0 radical (unpaired) electrons. The Bertz CT molecular complexity index is 591. The fourth-order valence-electron chi connectivity index (χ4n) is 2.40. The number of nitrogens with zero attached hydrogens (tertiary/aromatic N) is 1. The van der Waals surface area contributed by atoms with E-state index in [1.54, 1.807) is 6.20 Å². The van der Waals surface area contributed by atoms with Crippen LogP contribution in [0.4, 0.5) is 11.4 Å². The topological polar surface area (TPSA) is 50.9 Å². The minimum absolute atomic E-state index is 0.505. The Morgan fingerprint density at radius 1 is 1.42 bits per heavy atom. The molecule has 1 aliphatic heterocycles. The molecule has 0 aliphatic carbocycles. The van der Waals surface area contributed by atoms with E-state index in [0.717, 1.165) is 32.5 Å². The maximum absolute atomic E-state index is 6.11. The van der Waals surface area contributed by atoms with Crippen LogP contribution in [0.15, 0.2) is 28.9 Å². The van der Waals surface area contributed by atoms with Gasteiger partial charge in [0.05, 0.1) is 23.1 Å². The molecule has 1 atom stereocenters. The molecule has 3 N–H and O–H groups in total. The van der Waals surface area contributed by atoms with Crippen molar-refractivity contribution in [2.45, 2.75) is 18.9 Å². The zero-order chi connectivity index (χ0) is 13.2. The highest BCUT2D eigenvalue weighted by Crippen LogP contribution is 2.32. The highest BCUT2D eigenvalue weighted by molar-refractivity contribution is 9.10. The zero-order valence-electron chi connectivity index (χ0n) is 10.5. The van der Waals surface area contributed by atoms with Gasteiger partial charge < -0.3 is 11.1 Å². The summed E-state index contributed by atoms with van der Waals surface area (Å²) in [7, 11) is 0. The van der Waals surface area contributed by atoms with Crippen LogP contribution >= 0.6 is 27.7 Å². The monoisotopic (exact) mass is 337 g/mol. The summed E-state index contributed by atoms with van der Waals surface area (Å²) >= 11 is 5.52. The SMILES string of the molecule is Nc1cnc2ccc(Br)cc2c1NC1CCCSC1. The lowest BCUT2D eigenvalue weighted by atomic mass is 10.1. The average Bonchev–Trinajstić information content (AvgIpc) is 2.43. The van der Waals surface area contributed by atoms with Crippen molar-refractivity contribution in [3.8, 4) is 0 Å². The maximum Gasteiger partial charge on any atom is 0.0743 e. The molecule has 19 heavy (non-hydrogen) atoms. The molecule has 0 amide bonds. The van der Waals surface area contributed by atoms with Crippen LogP contribution in [-0.2, 0) is 0 Å². The second kappa shape index (κ2) is 5.59. The fourth-order valence-corrected chi connectivity index (χ4v) is 3.83. The molecule has 2 aromatic rings. The van der Waals surface area contributed by atoms with Crippen molar-refractivity contribution in [3.63, 3.8) is 0 Å². The molecule has 1 saturated heterocycles. The van der Waals surface area contributed by atoms with Crippen molar-refractivity contribution < 1.29 is 0 Å². The first-order valence-electron chi connectivity index (χ1n) is 6.42. The van der Waals surface area contributed by atoms with E-state index < -0.39 is 0 Å². The highest BCUT2D eigenvalue weighted by Gasteiger charge is 2.16. The van der Waals surface area contributed by atoms with Crippen molar-refractivity contribution >= 4 is 50.0 Å². The summed E-state index contributed by atoms with van der Waals surface area (Å²) in [6.45, 7) is 0. The normalized spacial score (nSPS) is 19.5. The Hall–Kier alpha value is -0.940. The van der Waals surface area contributed by atoms with E-state index >= 15 is 0 Å². The van der Waals surface area contributed by atoms with Crippen LogP contribution in [0.25, 0.3) is 10.9 Å². The Morgan fingerprint density at radius 3 is 3.11 bits per heavy atom. The van der Waals surface area contributed by atoms with Crippen LogP contribution in [0.2, 0.25) is 0 Å². The molecule has 1 aromatic carbocycles. The van der Waals surface area contributed by atoms with Crippen LogP contribution in [-0.4, -0.2) is 22.5 Å². The third kappa shape index (κ3) is 2.82. The highest BCUT2D eigenvalue weighted by atomic mass is 79.9. The number of thioether (sulfide) groups is 1. The van der Waals surface area contributed by atoms with Crippen molar-refractivity contribution in [2.75, 3.05) is 22.6 Å². The van der Waals surface area contributed by atoms with E-state index in [4.69, 9.17) is 5.73 Å². The standard InChI is InChI=1S/C14H16BrN3S/c15-9-3-4-13-11(6-9)14(12(16)7-17-13)18-10-2-1-5-19-8-10/h3-4,6-7,10H,1-2,5,8,16H2,(H,17,18). The second-order valence-electron chi connectivity index (χ2n) is 4.81. The molecule has 1 aromatic heterocycles. The summed E-state index contributed by atoms with van der Waals surface area (Å²) in [5, 5.41) is 4.70. The second-order valence-corrected chi connectivity index (χ2v) is 6.87. The summed E-state index contributed by atoms with van der Waals surface area (Å²) in [6, 6.07) is 6.60. The number of nitrogen functional groups attached to an aromatic ring is 1. The van der Waals surface area contributed by atoms with E-state index in [2.05, 4.69) is 32.3 Å². The van der Waals surface area contributed by atoms with Gasteiger partial charge in [-0.3, -0.25) is 4.98 Å². The van der Waals surface area contributed by atoms with Crippen LogP contribution in [0.1, 0.15) is 12.8 Å². The lowest BCUT2D eigenvalue weighted by molar-refractivity contribution is 0.686. The molecule has 100 valence electrons. The number of nitrogens with one attached hydrogen (secondary N) is 1. The number of halogens is 1. The summed E-state index contributed by atoms with van der Waals surface area (Å²) in [5.41, 5.74) is 8.83. The molecular formula is C14H16BrN3S. The molecule has 1 unspecified atom stereocenters. The van der Waals surface area contributed by atoms with Crippen LogP contribution in [0.3, 0.4) is 0 Å². The van der Waals surface area contributed by atoms with Gasteiger partial charge in [-0.15, -0.1) is 0 Å². The lowest BCUT2D eigenvalue weighted by Crippen LogP contribution is -2.26. The van der Waals surface area contributed by atoms with Crippen LogP contribution < -0.4 is 11.1 Å². The van der Waals surface area contributed by atoms with Gasteiger partial charge in [0.2, 0.25) is 0 Å². The minimum Gasteiger partial charge on any atom is -0.396 e. The Balaban J connectivity index is 2.00. The number of anilines is 2. The minimum atomic E-state index is 0.505. The van der Waals surface area contributed by atoms with Gasteiger partial charge in [0, 0.05) is 21.7 Å². The maximum atomic E-state index is 6.11. The number of benzene rings is 1. The summed E-state index contributed by atoms with van der Waals surface area (Å²) in [4.78, 5) is 4.38. The van der Waals surface area contributed by atoms with Gasteiger partial charge in [-0.1, -0.05) is 15.9 Å². The van der Waals surface area contributed by atoms with Crippen LogP contribution in [0, 0.1) is 0 Å². The first kappa shape index (κ1) is 13.1. The Morgan fingerprint density at radius 2 is 2.32 bits per heavy atom. The number of hydrogen-bond donors (Lipinski definition) is 2. The van der Waals surface area contributed by atoms with Gasteiger partial charge >= 0.3 is 0 Å². The Labute approximate surface area is 125 Å². The van der Waals surface area contributed by atoms with E-state index in [1.165, 1.54) is 18.6 Å². The fraction of sp³-hybridized carbons (Fsp3) is 0.357. The first-order chi connectivity index (χ1) is 9.24. The van der Waals surface area contributed by atoms with E-state index in [-0.39, 0.29) is 0 Å². The van der Waals surface area contributed by atoms with Gasteiger partial charge in [0.25, 0.3) is 0 Å². The molecule has 3 rings (SSSR count). The summed E-state index contributed by atoms with van der Waals surface area (Å²) in [6.07, 6.45) is 4.23. The zero-order valence-corrected chi connectivity index (χ0v) is 12.9. The van der Waals surface area contributed by atoms with Crippen molar-refractivity contribution in [1.82, 2.24) is 4.98 Å². The number of nitrogens with two attached hydrogens (primary N) is 1. The molecule has 0 saturated carbocycles. The number of pyridine rings is 1. The predicted molar refractivity (Wildman–Crippen MR) is 87.8 cm³/mol. The molecule has 0 bridgehead atoms. The third-order valence-electron chi connectivity index (χ3n) is 3.37. The molecule has 0 spiro atoms. The number of aromatic nitrogens is 1. The van der Waals surface area contributed by atoms with Gasteiger partial charge in [0.1, 0.15) is 0 Å². The van der Waals surface area contributed by atoms with Crippen molar-refractivity contribution in [3.05, 3.63) is 28.9 Å². The number of hydrogen-bond acceptors (Lipinski definition) is 4. The van der Waals surface area contributed by atoms with E-state index in [1.807, 2.05) is 23.9 Å². The lowest BCUT2D eigenvalue weighted by Gasteiger charge is -2.25. The molecule has 1 fully saturated rings. The van der Waals surface area contributed by atoms with Gasteiger partial charge in [-0.2, -0.15) is 11.8 Å². The molecule has 1 aliphatic rings. The molecule has 3 nitrogen and oxygen atoms in total. The quantitative estimate of drug-likeness (QED) is 0.872. The smallest absolute Gasteiger partial charge is 0.0743 e. The average molecular weight is 338 g/mol. The Kier molecular flexibility index (Phi) is 3.84. The van der Waals surface area contributed by atoms with Crippen molar-refractivity contribution in [1.29, 1.82) is 0 Å². The van der Waals surface area contributed by atoms with Gasteiger partial charge in [0.15, 0.2) is 0 Å². The number of fused-ring (bicyclic) bond motifs is 1. The van der Waals surface area contributed by atoms with Gasteiger partial charge in [-0.25, -0.2) is 0 Å². The number of rotatable bonds is 2. The molecular weight excluding hydrogens is 322 g/mol. The molecule has 5 heteroatoms. The van der Waals surface area contributed by atoms with E-state index in [9.17, 15) is 0 Å². The summed E-state index contributed by atoms with van der Waals surface area (Å²) in [5.74, 6) is 2.42. The predicted octanol–water partition coefficient (Wildman–Crippen LogP) is 3.89. The third-order valence-corrected chi connectivity index (χ3v) is 5.08. The van der Waals surface area contributed by atoms with Crippen molar-refractivity contribution in [2.24, 2.45) is 0 Å². The van der Waals surface area contributed by atoms with Gasteiger partial charge in [-0.05, 0) is 36.8 Å². The summed E-state index contributed by atoms with van der Waals surface area (Å²) < 4.78 is 1.05. The first-order valence-corrected chi connectivity index (χ1v) is 8.37. The van der Waals surface area contributed by atoms with Crippen LogP contribution in [0.5, 0.6) is 0 Å². The largest absolute Gasteiger partial charge is 0.396 e.